The highest BCUT2D eigenvalue weighted by molar-refractivity contribution is 6.12. The van der Waals surface area contributed by atoms with Gasteiger partial charge in [-0.1, -0.05) is 78.9 Å². The quantitative estimate of drug-likeness (QED) is 0.201. The Hall–Kier alpha value is -5.80. The highest BCUT2D eigenvalue weighted by atomic mass is 19.4. The number of rotatable bonds is 3. The standard InChI is InChI=1S/C39H24F3N3/c1-24-18-26(22-27(19-24)39(40,41)42)38-36(44-32-14-6-2-10-28(32)29-11-3-7-15-33(29)44)20-25(23-43)21-37(38)45-34-16-8-4-12-30(34)31-13-5-9-17-35(31)45/h2-22H,1H3. The van der Waals surface area contributed by atoms with Crippen LogP contribution in [0.5, 0.6) is 0 Å². The zero-order chi connectivity index (χ0) is 30.9. The Morgan fingerprint density at radius 1 is 0.556 bits per heavy atom. The molecule has 0 saturated heterocycles. The van der Waals surface area contributed by atoms with Gasteiger partial charge in [-0.2, -0.15) is 18.4 Å². The van der Waals surface area contributed by atoms with E-state index in [4.69, 9.17) is 0 Å². The number of nitrogens with zero attached hydrogens (tertiary/aromatic N) is 3. The maximum Gasteiger partial charge on any atom is 0.416 e. The van der Waals surface area contributed by atoms with Crippen molar-refractivity contribution in [1.82, 2.24) is 9.13 Å². The van der Waals surface area contributed by atoms with Crippen LogP contribution in [0.1, 0.15) is 16.7 Å². The second-order valence-corrected chi connectivity index (χ2v) is 11.3. The van der Waals surface area contributed by atoms with E-state index in [1.807, 2.05) is 97.1 Å². The number of halogens is 3. The van der Waals surface area contributed by atoms with Crippen LogP contribution < -0.4 is 0 Å². The molecule has 0 atom stereocenters. The highest BCUT2D eigenvalue weighted by Gasteiger charge is 2.32. The van der Waals surface area contributed by atoms with E-state index >= 15 is 0 Å². The Morgan fingerprint density at radius 3 is 1.33 bits per heavy atom. The highest BCUT2D eigenvalue weighted by Crippen LogP contribution is 2.44. The molecule has 0 aliphatic carbocycles. The number of aryl methyl sites for hydroxylation is 1. The molecule has 0 radical (unpaired) electrons. The van der Waals surface area contributed by atoms with E-state index in [1.165, 1.54) is 12.1 Å². The van der Waals surface area contributed by atoms with Gasteiger partial charge in [0, 0.05) is 27.1 Å². The minimum atomic E-state index is -4.53. The molecule has 8 aromatic rings. The average molecular weight is 592 g/mol. The Balaban J connectivity index is 1.62. The van der Waals surface area contributed by atoms with Gasteiger partial charge in [0.15, 0.2) is 0 Å². The van der Waals surface area contributed by atoms with Crippen molar-refractivity contribution >= 4 is 43.6 Å². The average Bonchev–Trinajstić information content (AvgIpc) is 3.56. The maximum absolute atomic E-state index is 14.3. The molecular formula is C39H24F3N3. The topological polar surface area (TPSA) is 33.6 Å². The van der Waals surface area contributed by atoms with Crippen molar-refractivity contribution in [2.24, 2.45) is 0 Å². The lowest BCUT2D eigenvalue weighted by molar-refractivity contribution is -0.137. The van der Waals surface area contributed by atoms with E-state index in [0.29, 0.717) is 33.6 Å². The summed E-state index contributed by atoms with van der Waals surface area (Å²) in [5.41, 5.74) is 6.02. The lowest BCUT2D eigenvalue weighted by Gasteiger charge is -2.22. The van der Waals surface area contributed by atoms with Gasteiger partial charge in [0.05, 0.1) is 50.6 Å². The molecule has 45 heavy (non-hydrogen) atoms. The molecule has 6 aromatic carbocycles. The molecule has 0 unspecified atom stereocenters. The minimum Gasteiger partial charge on any atom is -0.308 e. The Morgan fingerprint density at radius 2 is 0.956 bits per heavy atom. The van der Waals surface area contributed by atoms with Gasteiger partial charge in [0.1, 0.15) is 0 Å². The van der Waals surface area contributed by atoms with Gasteiger partial charge in [0.2, 0.25) is 0 Å². The van der Waals surface area contributed by atoms with Crippen LogP contribution in [-0.2, 0) is 6.18 Å². The van der Waals surface area contributed by atoms with Crippen molar-refractivity contribution in [3.05, 3.63) is 144 Å². The molecule has 0 aliphatic heterocycles. The van der Waals surface area contributed by atoms with E-state index in [1.54, 1.807) is 25.1 Å². The summed E-state index contributed by atoms with van der Waals surface area (Å²) in [5.74, 6) is 0. The predicted molar refractivity (Wildman–Crippen MR) is 175 cm³/mol. The van der Waals surface area contributed by atoms with Gasteiger partial charge >= 0.3 is 6.18 Å². The first-order valence-electron chi connectivity index (χ1n) is 14.6. The van der Waals surface area contributed by atoms with Crippen LogP contribution >= 0.6 is 0 Å². The fourth-order valence-corrected chi connectivity index (χ4v) is 6.78. The van der Waals surface area contributed by atoms with Gasteiger partial charge in [0.25, 0.3) is 0 Å². The molecule has 0 aliphatic rings. The number of aromatic nitrogens is 2. The summed E-state index contributed by atoms with van der Waals surface area (Å²) in [6.07, 6.45) is -4.53. The van der Waals surface area contributed by atoms with Crippen molar-refractivity contribution in [2.45, 2.75) is 13.1 Å². The van der Waals surface area contributed by atoms with Crippen molar-refractivity contribution in [1.29, 1.82) is 5.26 Å². The molecule has 216 valence electrons. The zero-order valence-electron chi connectivity index (χ0n) is 24.1. The maximum atomic E-state index is 14.3. The zero-order valence-corrected chi connectivity index (χ0v) is 24.1. The molecular weight excluding hydrogens is 567 g/mol. The second-order valence-electron chi connectivity index (χ2n) is 11.3. The first kappa shape index (κ1) is 26.8. The van der Waals surface area contributed by atoms with Crippen LogP contribution in [0.25, 0.3) is 66.1 Å². The van der Waals surface area contributed by atoms with Gasteiger partial charge in [-0.25, -0.2) is 0 Å². The first-order valence-corrected chi connectivity index (χ1v) is 14.6. The fraction of sp³-hybridized carbons (Fsp3) is 0.0513. The summed E-state index contributed by atoms with van der Waals surface area (Å²) in [7, 11) is 0. The lowest BCUT2D eigenvalue weighted by Crippen LogP contribution is -2.08. The number of para-hydroxylation sites is 4. The SMILES string of the molecule is Cc1cc(-c2c(-n3c4ccccc4c4ccccc43)cc(C#N)cc2-n2c3ccccc3c3ccccc32)cc(C(F)(F)F)c1. The number of nitriles is 1. The molecule has 0 fully saturated rings. The third kappa shape index (κ3) is 4.12. The van der Waals surface area contributed by atoms with Crippen LogP contribution in [0.4, 0.5) is 13.2 Å². The molecule has 0 saturated carbocycles. The first-order chi connectivity index (χ1) is 21.8. The summed E-state index contributed by atoms with van der Waals surface area (Å²) in [6, 6.07) is 42.1. The number of benzene rings is 6. The molecule has 6 heteroatoms. The van der Waals surface area contributed by atoms with Crippen molar-refractivity contribution in [2.75, 3.05) is 0 Å². The Kier molecular flexibility index (Phi) is 5.88. The fourth-order valence-electron chi connectivity index (χ4n) is 6.78. The number of hydrogen-bond donors (Lipinski definition) is 0. The predicted octanol–water partition coefficient (Wildman–Crippen LogP) is 10.7. The van der Waals surface area contributed by atoms with E-state index in [2.05, 4.69) is 15.2 Å². The minimum absolute atomic E-state index is 0.399. The molecule has 0 N–H and O–H groups in total. The van der Waals surface area contributed by atoms with Crippen molar-refractivity contribution in [3.63, 3.8) is 0 Å². The summed E-state index contributed by atoms with van der Waals surface area (Å²) < 4.78 is 47.1. The molecule has 8 rings (SSSR count). The normalized spacial score (nSPS) is 12.0. The molecule has 2 heterocycles. The largest absolute Gasteiger partial charge is 0.416 e. The van der Waals surface area contributed by atoms with Crippen molar-refractivity contribution < 1.29 is 13.2 Å². The van der Waals surface area contributed by atoms with Gasteiger partial charge < -0.3 is 9.13 Å². The summed E-state index contributed by atoms with van der Waals surface area (Å²) in [6.45, 7) is 1.68. The number of hydrogen-bond acceptors (Lipinski definition) is 1. The van der Waals surface area contributed by atoms with Gasteiger partial charge in [-0.05, 0) is 66.6 Å². The Bertz CT molecular complexity index is 2270. The van der Waals surface area contributed by atoms with Gasteiger partial charge in [-0.15, -0.1) is 0 Å². The van der Waals surface area contributed by atoms with E-state index < -0.39 is 11.7 Å². The lowest BCUT2D eigenvalue weighted by atomic mass is 9.95. The molecule has 3 nitrogen and oxygen atoms in total. The molecule has 0 amide bonds. The van der Waals surface area contributed by atoms with E-state index in [-0.39, 0.29) is 0 Å². The third-order valence-corrected chi connectivity index (χ3v) is 8.56. The monoisotopic (exact) mass is 591 g/mol. The van der Waals surface area contributed by atoms with E-state index in [9.17, 15) is 18.4 Å². The van der Waals surface area contributed by atoms with Crippen LogP contribution in [-0.4, -0.2) is 9.13 Å². The van der Waals surface area contributed by atoms with Crippen LogP contribution in [0.2, 0.25) is 0 Å². The number of fused-ring (bicyclic) bond motifs is 6. The molecule has 2 aromatic heterocycles. The van der Waals surface area contributed by atoms with E-state index in [0.717, 1.165) is 43.6 Å². The molecule has 0 bridgehead atoms. The summed E-state index contributed by atoms with van der Waals surface area (Å²) >= 11 is 0. The number of alkyl halides is 3. The summed E-state index contributed by atoms with van der Waals surface area (Å²) in [5, 5.41) is 14.4. The summed E-state index contributed by atoms with van der Waals surface area (Å²) in [4.78, 5) is 0. The van der Waals surface area contributed by atoms with Gasteiger partial charge in [-0.3, -0.25) is 0 Å². The van der Waals surface area contributed by atoms with Crippen LogP contribution in [0, 0.1) is 18.3 Å². The van der Waals surface area contributed by atoms with Crippen molar-refractivity contribution in [3.8, 4) is 28.6 Å². The smallest absolute Gasteiger partial charge is 0.308 e. The van der Waals surface area contributed by atoms with Crippen LogP contribution in [0.15, 0.2) is 127 Å². The Labute approximate surface area is 256 Å². The van der Waals surface area contributed by atoms with Crippen LogP contribution in [0.3, 0.4) is 0 Å². The third-order valence-electron chi connectivity index (χ3n) is 8.56. The second kappa shape index (κ2) is 9.87. The molecule has 0 spiro atoms.